The van der Waals surface area contributed by atoms with Gasteiger partial charge < -0.3 is 14.6 Å². The van der Waals surface area contributed by atoms with Gasteiger partial charge in [-0.3, -0.25) is 4.79 Å². The first-order valence-corrected chi connectivity index (χ1v) is 9.12. The topological polar surface area (TPSA) is 45.3 Å². The number of rotatable bonds is 4. The average Bonchev–Trinajstić information content (AvgIpc) is 2.87. The monoisotopic (exact) mass is 440 g/mol. The maximum atomic E-state index is 12.5. The van der Waals surface area contributed by atoms with Gasteiger partial charge in [0.25, 0.3) is 0 Å². The lowest BCUT2D eigenvalue weighted by Crippen LogP contribution is -2.36. The molecule has 1 aromatic carbocycles. The van der Waals surface area contributed by atoms with Gasteiger partial charge in [-0.2, -0.15) is 0 Å². The number of nitrogens with zero attached hydrogens (tertiary/aromatic N) is 1. The Bertz CT molecular complexity index is 710. The summed E-state index contributed by atoms with van der Waals surface area (Å²) in [6.45, 7) is 1.44. The van der Waals surface area contributed by atoms with Crippen LogP contribution in [0.25, 0.3) is 0 Å². The van der Waals surface area contributed by atoms with Crippen LogP contribution >= 0.6 is 31.9 Å². The number of aromatic amines is 1. The highest BCUT2D eigenvalue weighted by atomic mass is 79.9. The molecule has 0 unspecified atom stereocenters. The molecule has 0 radical (unpaired) electrons. The Morgan fingerprint density at radius 2 is 2.04 bits per heavy atom. The Morgan fingerprint density at radius 3 is 2.74 bits per heavy atom. The van der Waals surface area contributed by atoms with E-state index in [9.17, 15) is 4.79 Å². The summed E-state index contributed by atoms with van der Waals surface area (Å²) in [5.74, 6) is 1.04. The fraction of sp³-hybridized carbons (Fsp3) is 0.353. The summed E-state index contributed by atoms with van der Waals surface area (Å²) in [5.41, 5.74) is 3.55. The minimum Gasteiger partial charge on any atom is -0.497 e. The van der Waals surface area contributed by atoms with Gasteiger partial charge in [0, 0.05) is 37.2 Å². The van der Waals surface area contributed by atoms with Crippen molar-refractivity contribution in [2.24, 2.45) is 0 Å². The molecule has 4 nitrogen and oxygen atoms in total. The van der Waals surface area contributed by atoms with E-state index < -0.39 is 0 Å². The highest BCUT2D eigenvalue weighted by Gasteiger charge is 2.24. The molecule has 1 aliphatic heterocycles. The zero-order chi connectivity index (χ0) is 16.4. The van der Waals surface area contributed by atoms with E-state index >= 15 is 0 Å². The number of benzene rings is 1. The molecule has 1 aromatic heterocycles. The maximum absolute atomic E-state index is 12.5. The molecule has 0 bridgehead atoms. The highest BCUT2D eigenvalue weighted by Crippen LogP contribution is 2.33. The molecule has 0 fully saturated rings. The lowest BCUT2D eigenvalue weighted by molar-refractivity contribution is -0.132. The van der Waals surface area contributed by atoms with Crippen LogP contribution in [0.1, 0.15) is 23.2 Å². The molecule has 122 valence electrons. The van der Waals surface area contributed by atoms with E-state index in [1.165, 1.54) is 11.3 Å². The van der Waals surface area contributed by atoms with E-state index in [1.807, 2.05) is 29.2 Å². The number of H-pyrrole nitrogens is 1. The molecule has 0 saturated heterocycles. The summed E-state index contributed by atoms with van der Waals surface area (Å²) in [6, 6.07) is 7.89. The molecule has 23 heavy (non-hydrogen) atoms. The Balaban J connectivity index is 1.59. The maximum Gasteiger partial charge on any atom is 0.223 e. The molecule has 0 spiro atoms. The van der Waals surface area contributed by atoms with Gasteiger partial charge in [0.1, 0.15) is 5.75 Å². The molecular formula is C17H18Br2N2O2. The van der Waals surface area contributed by atoms with Crippen LogP contribution in [0.3, 0.4) is 0 Å². The number of carbonyl (C=O) groups is 1. The third-order valence-corrected chi connectivity index (χ3v) is 6.20. The predicted octanol–water partition coefficient (Wildman–Crippen LogP) is 4.07. The molecule has 3 rings (SSSR count). The number of halogens is 2. The van der Waals surface area contributed by atoms with Gasteiger partial charge >= 0.3 is 0 Å². The third-order valence-electron chi connectivity index (χ3n) is 4.20. The lowest BCUT2D eigenvalue weighted by atomic mass is 10.1. The van der Waals surface area contributed by atoms with E-state index in [0.29, 0.717) is 13.0 Å². The number of fused-ring (bicyclic) bond motifs is 1. The van der Waals surface area contributed by atoms with Crippen molar-refractivity contribution in [3.05, 3.63) is 50.2 Å². The molecule has 2 heterocycles. The average molecular weight is 442 g/mol. The molecule has 1 amide bonds. The zero-order valence-corrected chi connectivity index (χ0v) is 16.0. The summed E-state index contributed by atoms with van der Waals surface area (Å²) in [6.07, 6.45) is 2.16. The van der Waals surface area contributed by atoms with Crippen molar-refractivity contribution in [1.29, 1.82) is 0 Å². The number of ether oxygens (including phenoxy) is 1. The SMILES string of the molecule is COc1ccc(CCC(=O)N2CCc3[nH]c(Br)c(Br)c3C2)cc1. The van der Waals surface area contributed by atoms with Crippen molar-refractivity contribution < 1.29 is 9.53 Å². The van der Waals surface area contributed by atoms with Crippen LogP contribution in [0.5, 0.6) is 5.75 Å². The fourth-order valence-electron chi connectivity index (χ4n) is 2.84. The van der Waals surface area contributed by atoms with Crippen LogP contribution in [0.4, 0.5) is 0 Å². The lowest BCUT2D eigenvalue weighted by Gasteiger charge is -2.27. The smallest absolute Gasteiger partial charge is 0.223 e. The van der Waals surface area contributed by atoms with E-state index in [4.69, 9.17) is 4.74 Å². The number of amides is 1. The standard InChI is InChI=1S/C17H18Br2N2O2/c1-23-12-5-2-11(3-6-12)4-7-15(22)21-9-8-14-13(10-21)16(18)17(19)20-14/h2-3,5-6,20H,4,7-10H2,1H3. The van der Waals surface area contributed by atoms with Gasteiger partial charge in [0.15, 0.2) is 0 Å². The molecule has 1 aliphatic rings. The first-order valence-electron chi connectivity index (χ1n) is 7.54. The van der Waals surface area contributed by atoms with Crippen LogP contribution < -0.4 is 4.74 Å². The van der Waals surface area contributed by atoms with E-state index in [1.54, 1.807) is 7.11 Å². The van der Waals surface area contributed by atoms with Gasteiger partial charge in [-0.15, -0.1) is 0 Å². The molecule has 0 saturated carbocycles. The molecule has 0 atom stereocenters. The minimum atomic E-state index is 0.204. The molecule has 1 N–H and O–H groups in total. The number of aromatic nitrogens is 1. The first-order chi connectivity index (χ1) is 11.1. The van der Waals surface area contributed by atoms with Crippen LogP contribution in [0.2, 0.25) is 0 Å². The summed E-state index contributed by atoms with van der Waals surface area (Å²) in [4.78, 5) is 17.7. The van der Waals surface area contributed by atoms with E-state index in [-0.39, 0.29) is 5.91 Å². The molecule has 2 aromatic rings. The Morgan fingerprint density at radius 1 is 1.30 bits per heavy atom. The first kappa shape index (κ1) is 16.6. The molecule has 0 aliphatic carbocycles. The van der Waals surface area contributed by atoms with Gasteiger partial charge in [0.2, 0.25) is 5.91 Å². The Labute approximate surface area is 152 Å². The largest absolute Gasteiger partial charge is 0.497 e. The zero-order valence-electron chi connectivity index (χ0n) is 12.9. The molecular weight excluding hydrogens is 424 g/mol. The number of carbonyl (C=O) groups excluding carboxylic acids is 1. The van der Waals surface area contributed by atoms with Crippen LogP contribution in [-0.4, -0.2) is 29.4 Å². The number of hydrogen-bond donors (Lipinski definition) is 1. The Hall–Kier alpha value is -1.27. The normalized spacial score (nSPS) is 13.8. The number of hydrogen-bond acceptors (Lipinski definition) is 2. The Kier molecular flexibility index (Phi) is 5.11. The van der Waals surface area contributed by atoms with Crippen LogP contribution in [0, 0.1) is 0 Å². The van der Waals surface area contributed by atoms with Gasteiger partial charge in [-0.25, -0.2) is 0 Å². The quantitative estimate of drug-likeness (QED) is 0.777. The second kappa shape index (κ2) is 7.09. The van der Waals surface area contributed by atoms with Crippen molar-refractivity contribution in [2.75, 3.05) is 13.7 Å². The van der Waals surface area contributed by atoms with Crippen molar-refractivity contribution in [3.8, 4) is 5.75 Å². The van der Waals surface area contributed by atoms with Crippen molar-refractivity contribution in [2.45, 2.75) is 25.8 Å². The van der Waals surface area contributed by atoms with E-state index in [0.717, 1.165) is 39.8 Å². The summed E-state index contributed by atoms with van der Waals surface area (Å²) in [5, 5.41) is 0. The second-order valence-electron chi connectivity index (χ2n) is 5.62. The second-order valence-corrected chi connectivity index (χ2v) is 7.21. The van der Waals surface area contributed by atoms with Gasteiger partial charge in [-0.05, 0) is 56.0 Å². The van der Waals surface area contributed by atoms with Gasteiger partial charge in [0.05, 0.1) is 16.2 Å². The minimum absolute atomic E-state index is 0.204. The number of aryl methyl sites for hydroxylation is 1. The summed E-state index contributed by atoms with van der Waals surface area (Å²) >= 11 is 7.06. The fourth-order valence-corrected chi connectivity index (χ4v) is 3.78. The van der Waals surface area contributed by atoms with Crippen molar-refractivity contribution in [3.63, 3.8) is 0 Å². The third kappa shape index (κ3) is 3.63. The summed E-state index contributed by atoms with van der Waals surface area (Å²) in [7, 11) is 1.65. The summed E-state index contributed by atoms with van der Waals surface area (Å²) < 4.78 is 7.13. The van der Waals surface area contributed by atoms with E-state index in [2.05, 4.69) is 36.8 Å². The van der Waals surface area contributed by atoms with Crippen molar-refractivity contribution >= 4 is 37.8 Å². The highest BCUT2D eigenvalue weighted by molar-refractivity contribution is 9.13. The number of methoxy groups -OCH3 is 1. The van der Waals surface area contributed by atoms with Crippen molar-refractivity contribution in [1.82, 2.24) is 9.88 Å². The number of nitrogens with one attached hydrogen (secondary N) is 1. The molecule has 6 heteroatoms. The van der Waals surface area contributed by atoms with Crippen LogP contribution in [-0.2, 0) is 24.2 Å². The predicted molar refractivity (Wildman–Crippen MR) is 96.6 cm³/mol. The van der Waals surface area contributed by atoms with Gasteiger partial charge in [-0.1, -0.05) is 12.1 Å². The van der Waals surface area contributed by atoms with Crippen LogP contribution in [0.15, 0.2) is 33.3 Å².